The van der Waals surface area contributed by atoms with Gasteiger partial charge in [0.15, 0.2) is 0 Å². The minimum atomic E-state index is -0.306. The molecule has 1 aromatic rings. The SMILES string of the molecule is CN(C)Cc1ccccc1OC(=O)N1CC[C@@H](N)C1. The molecule has 19 heavy (non-hydrogen) atoms. The Hall–Kier alpha value is -1.59. The van der Waals surface area contributed by atoms with Crippen LogP contribution in [0.25, 0.3) is 0 Å². The zero-order valence-electron chi connectivity index (χ0n) is 11.5. The fourth-order valence-corrected chi connectivity index (χ4v) is 2.19. The van der Waals surface area contributed by atoms with Crippen LogP contribution in [0.2, 0.25) is 0 Å². The molecule has 0 aromatic heterocycles. The second-order valence-electron chi connectivity index (χ2n) is 5.21. The Kier molecular flexibility index (Phi) is 4.39. The molecular weight excluding hydrogens is 242 g/mol. The number of nitrogens with two attached hydrogens (primary N) is 1. The minimum absolute atomic E-state index is 0.0737. The fourth-order valence-electron chi connectivity index (χ4n) is 2.19. The molecule has 1 saturated heterocycles. The highest BCUT2D eigenvalue weighted by Gasteiger charge is 2.25. The van der Waals surface area contributed by atoms with Crippen molar-refractivity contribution in [2.24, 2.45) is 5.73 Å². The summed E-state index contributed by atoms with van der Waals surface area (Å²) in [6.07, 6.45) is 0.535. The Bertz CT molecular complexity index is 448. The van der Waals surface area contributed by atoms with Crippen LogP contribution in [0.4, 0.5) is 4.79 Å². The van der Waals surface area contributed by atoms with Crippen molar-refractivity contribution in [1.82, 2.24) is 9.80 Å². The monoisotopic (exact) mass is 263 g/mol. The number of hydrogen-bond acceptors (Lipinski definition) is 4. The third kappa shape index (κ3) is 3.68. The van der Waals surface area contributed by atoms with Crippen LogP contribution in [0.15, 0.2) is 24.3 Å². The van der Waals surface area contributed by atoms with Crippen molar-refractivity contribution >= 4 is 6.09 Å². The quantitative estimate of drug-likeness (QED) is 0.892. The Balaban J connectivity index is 2.04. The largest absolute Gasteiger partial charge is 0.415 e. The number of ether oxygens (including phenoxy) is 1. The lowest BCUT2D eigenvalue weighted by Crippen LogP contribution is -2.34. The number of benzene rings is 1. The van der Waals surface area contributed by atoms with E-state index in [-0.39, 0.29) is 12.1 Å². The molecule has 1 amide bonds. The van der Waals surface area contributed by atoms with Gasteiger partial charge in [0, 0.05) is 31.2 Å². The number of amides is 1. The molecule has 5 heteroatoms. The van der Waals surface area contributed by atoms with Crippen LogP contribution in [-0.2, 0) is 6.54 Å². The van der Waals surface area contributed by atoms with Gasteiger partial charge in [0.1, 0.15) is 5.75 Å². The van der Waals surface area contributed by atoms with Crippen LogP contribution in [0.5, 0.6) is 5.75 Å². The van der Waals surface area contributed by atoms with Crippen LogP contribution in [0, 0.1) is 0 Å². The van der Waals surface area contributed by atoms with Gasteiger partial charge in [-0.25, -0.2) is 4.79 Å². The number of nitrogens with zero attached hydrogens (tertiary/aromatic N) is 2. The van der Waals surface area contributed by atoms with Gasteiger partial charge < -0.3 is 20.3 Å². The first kappa shape index (κ1) is 13.8. The molecule has 2 N–H and O–H groups in total. The van der Waals surface area contributed by atoms with Gasteiger partial charge in [0.05, 0.1) is 0 Å². The summed E-state index contributed by atoms with van der Waals surface area (Å²) in [5.41, 5.74) is 6.80. The number of likely N-dealkylation sites (tertiary alicyclic amines) is 1. The third-order valence-corrected chi connectivity index (χ3v) is 3.14. The first-order chi connectivity index (χ1) is 9.06. The maximum atomic E-state index is 12.0. The molecule has 1 aromatic carbocycles. The topological polar surface area (TPSA) is 58.8 Å². The van der Waals surface area contributed by atoms with E-state index >= 15 is 0 Å². The standard InChI is InChI=1S/C14H21N3O2/c1-16(2)9-11-5-3-4-6-13(11)19-14(18)17-8-7-12(15)10-17/h3-6,12H,7-10,15H2,1-2H3/t12-/m1/s1. The summed E-state index contributed by atoms with van der Waals surface area (Å²) in [5.74, 6) is 0.627. The molecule has 5 nitrogen and oxygen atoms in total. The molecule has 1 fully saturated rings. The maximum Gasteiger partial charge on any atom is 0.415 e. The summed E-state index contributed by atoms with van der Waals surface area (Å²) in [6.45, 7) is 1.99. The van der Waals surface area contributed by atoms with Gasteiger partial charge in [0.2, 0.25) is 0 Å². The Morgan fingerprint density at radius 1 is 1.47 bits per heavy atom. The van der Waals surface area contributed by atoms with E-state index in [1.165, 1.54) is 0 Å². The maximum absolute atomic E-state index is 12.0. The molecule has 2 rings (SSSR count). The van der Waals surface area contributed by atoms with E-state index in [2.05, 4.69) is 0 Å². The van der Waals surface area contributed by atoms with Crippen LogP contribution in [0.1, 0.15) is 12.0 Å². The smallest absolute Gasteiger partial charge is 0.410 e. The summed E-state index contributed by atoms with van der Waals surface area (Å²) in [5, 5.41) is 0. The van der Waals surface area contributed by atoms with Crippen molar-refractivity contribution in [1.29, 1.82) is 0 Å². The van der Waals surface area contributed by atoms with E-state index in [4.69, 9.17) is 10.5 Å². The van der Waals surface area contributed by atoms with Crippen molar-refractivity contribution in [2.75, 3.05) is 27.2 Å². The predicted molar refractivity (Wildman–Crippen MR) is 74.0 cm³/mol. The average molecular weight is 263 g/mol. The Morgan fingerprint density at radius 2 is 2.21 bits per heavy atom. The van der Waals surface area contributed by atoms with Crippen molar-refractivity contribution in [2.45, 2.75) is 19.0 Å². The first-order valence-electron chi connectivity index (χ1n) is 6.51. The van der Waals surface area contributed by atoms with Crippen LogP contribution in [0.3, 0.4) is 0 Å². The van der Waals surface area contributed by atoms with Gasteiger partial charge in [-0.15, -0.1) is 0 Å². The molecule has 1 atom stereocenters. The molecule has 1 aliphatic heterocycles. The molecule has 0 saturated carbocycles. The van der Waals surface area contributed by atoms with Crippen molar-refractivity contribution in [3.8, 4) is 5.75 Å². The number of carbonyl (C=O) groups excluding carboxylic acids is 1. The average Bonchev–Trinajstić information content (AvgIpc) is 2.78. The van der Waals surface area contributed by atoms with Gasteiger partial charge in [-0.2, -0.15) is 0 Å². The molecule has 0 bridgehead atoms. The summed E-state index contributed by atoms with van der Waals surface area (Å²) < 4.78 is 5.48. The Morgan fingerprint density at radius 3 is 2.84 bits per heavy atom. The van der Waals surface area contributed by atoms with Crippen LogP contribution >= 0.6 is 0 Å². The van der Waals surface area contributed by atoms with Crippen molar-refractivity contribution in [3.63, 3.8) is 0 Å². The van der Waals surface area contributed by atoms with E-state index in [1.807, 2.05) is 43.3 Å². The number of hydrogen-bond donors (Lipinski definition) is 1. The van der Waals surface area contributed by atoms with E-state index in [9.17, 15) is 4.79 Å². The second kappa shape index (κ2) is 6.04. The molecule has 0 aliphatic carbocycles. The lowest BCUT2D eigenvalue weighted by Gasteiger charge is -2.18. The van der Waals surface area contributed by atoms with E-state index in [0.717, 1.165) is 18.5 Å². The lowest BCUT2D eigenvalue weighted by molar-refractivity contribution is 0.161. The third-order valence-electron chi connectivity index (χ3n) is 3.14. The van der Waals surface area contributed by atoms with Crippen LogP contribution in [-0.4, -0.2) is 49.1 Å². The highest BCUT2D eigenvalue weighted by atomic mass is 16.6. The van der Waals surface area contributed by atoms with Gasteiger partial charge in [0.25, 0.3) is 0 Å². The molecule has 0 unspecified atom stereocenters. The summed E-state index contributed by atoms with van der Waals surface area (Å²) >= 11 is 0. The first-order valence-corrected chi connectivity index (χ1v) is 6.51. The van der Waals surface area contributed by atoms with Gasteiger partial charge in [-0.1, -0.05) is 18.2 Å². The van der Waals surface area contributed by atoms with Gasteiger partial charge in [-0.05, 0) is 26.6 Å². The highest BCUT2D eigenvalue weighted by Crippen LogP contribution is 2.20. The van der Waals surface area contributed by atoms with Crippen molar-refractivity contribution < 1.29 is 9.53 Å². The lowest BCUT2D eigenvalue weighted by atomic mass is 10.2. The molecule has 0 spiro atoms. The van der Waals surface area contributed by atoms with E-state index in [1.54, 1.807) is 4.90 Å². The van der Waals surface area contributed by atoms with Crippen molar-refractivity contribution in [3.05, 3.63) is 29.8 Å². The summed E-state index contributed by atoms with van der Waals surface area (Å²) in [7, 11) is 3.97. The minimum Gasteiger partial charge on any atom is -0.410 e. The normalized spacial score (nSPS) is 18.9. The Labute approximate surface area is 113 Å². The molecule has 0 radical (unpaired) electrons. The number of rotatable bonds is 3. The fraction of sp³-hybridized carbons (Fsp3) is 0.500. The molecule has 1 aliphatic rings. The zero-order valence-corrected chi connectivity index (χ0v) is 11.5. The van der Waals surface area contributed by atoms with E-state index in [0.29, 0.717) is 18.8 Å². The highest BCUT2D eigenvalue weighted by molar-refractivity contribution is 5.71. The van der Waals surface area contributed by atoms with Gasteiger partial charge in [-0.3, -0.25) is 0 Å². The van der Waals surface area contributed by atoms with Gasteiger partial charge >= 0.3 is 6.09 Å². The molecule has 104 valence electrons. The molecule has 1 heterocycles. The van der Waals surface area contributed by atoms with E-state index < -0.39 is 0 Å². The second-order valence-corrected chi connectivity index (χ2v) is 5.21. The molecular formula is C14H21N3O2. The number of para-hydroxylation sites is 1. The number of carbonyl (C=O) groups is 1. The predicted octanol–water partition coefficient (Wildman–Crippen LogP) is 1.28. The van der Waals surface area contributed by atoms with Crippen LogP contribution < -0.4 is 10.5 Å². The summed E-state index contributed by atoms with van der Waals surface area (Å²) in [6, 6.07) is 7.69. The summed E-state index contributed by atoms with van der Waals surface area (Å²) in [4.78, 5) is 15.7. The zero-order chi connectivity index (χ0) is 13.8.